The van der Waals surface area contributed by atoms with E-state index in [2.05, 4.69) is 42.5 Å². The molecule has 2 amide bonds. The minimum atomic E-state index is -1.47. The Morgan fingerprint density at radius 3 is 1.02 bits per heavy atom. The molecule has 2 N–H and O–H groups in total. The molecule has 2 aromatic carbocycles. The van der Waals surface area contributed by atoms with Crippen molar-refractivity contribution in [2.75, 3.05) is 49.9 Å². The minimum Gasteiger partial charge on any atom is -0.549 e. The topological polar surface area (TPSA) is 225 Å². The SMILES string of the molecule is Cc1cc(C)c(NC(=O)CN(CC(=O)[O-])CC(=O)[O-])c(C)c1Br.Cc1cc(C)c(NC(=O)CN(CC(=O)[O-])CC(=O)[O-])c(C)c1Br.[99Tc]. The zero-order valence-corrected chi connectivity index (χ0v) is 31.5. The molecule has 0 aliphatic heterocycles. The summed E-state index contributed by atoms with van der Waals surface area (Å²) in [6.07, 6.45) is 0. The van der Waals surface area contributed by atoms with Gasteiger partial charge in [0.15, 0.2) is 0 Å². The van der Waals surface area contributed by atoms with Gasteiger partial charge in [0.25, 0.3) is 0 Å². The summed E-state index contributed by atoms with van der Waals surface area (Å²) in [5.41, 5.74) is 6.63. The first-order valence-electron chi connectivity index (χ1n) is 13.6. The number of amides is 2. The van der Waals surface area contributed by atoms with Crippen LogP contribution in [0.1, 0.15) is 33.4 Å². The molecule has 0 aromatic heterocycles. The summed E-state index contributed by atoms with van der Waals surface area (Å²) in [6.45, 7) is 7.72. The van der Waals surface area contributed by atoms with Gasteiger partial charge in [0.1, 0.15) is 0 Å². The van der Waals surface area contributed by atoms with Gasteiger partial charge in [-0.1, -0.05) is 44.0 Å². The van der Waals surface area contributed by atoms with E-state index in [1.165, 1.54) is 0 Å². The third kappa shape index (κ3) is 15.0. The van der Waals surface area contributed by atoms with Crippen LogP contribution in [0.4, 0.5) is 11.4 Å². The van der Waals surface area contributed by atoms with E-state index in [1.54, 1.807) is 0 Å². The van der Waals surface area contributed by atoms with Crippen LogP contribution in [0.25, 0.3) is 0 Å². The molecular weight excluding hydrogens is 835 g/mol. The molecule has 0 atom stereocenters. The number of aliphatic carboxylic acids is 4. The van der Waals surface area contributed by atoms with Crippen molar-refractivity contribution in [2.45, 2.75) is 41.5 Å². The van der Waals surface area contributed by atoms with E-state index in [0.717, 1.165) is 52.1 Å². The van der Waals surface area contributed by atoms with Crippen molar-refractivity contribution in [1.29, 1.82) is 0 Å². The van der Waals surface area contributed by atoms with Gasteiger partial charge < -0.3 is 50.2 Å². The van der Waals surface area contributed by atoms with Crippen LogP contribution < -0.4 is 31.1 Å². The average molecular weight is 869 g/mol. The van der Waals surface area contributed by atoms with Gasteiger partial charge in [-0.2, -0.15) is 0 Å². The van der Waals surface area contributed by atoms with Crippen molar-refractivity contribution in [3.05, 3.63) is 54.5 Å². The number of rotatable bonds is 14. The molecule has 259 valence electrons. The van der Waals surface area contributed by atoms with Crippen molar-refractivity contribution in [2.24, 2.45) is 0 Å². The molecule has 0 unspecified atom stereocenters. The van der Waals surface area contributed by atoms with Crippen LogP contribution in [-0.4, -0.2) is 84.8 Å². The molecule has 0 aliphatic rings. The van der Waals surface area contributed by atoms with Gasteiger partial charge in [0, 0.05) is 66.6 Å². The summed E-state index contributed by atoms with van der Waals surface area (Å²) in [5, 5.41) is 47.8. The molecule has 0 bridgehead atoms. The fourth-order valence-corrected chi connectivity index (χ4v) is 5.16. The molecule has 0 spiro atoms. The Balaban J connectivity index is 0.000000882. The maximum atomic E-state index is 12.1. The standard InChI is InChI=1S/2C15H19BrN2O5.Tc/c2*1-8-4-9(2)15(10(3)14(8)16)17-11(19)5-18(6-12(20)21)7-13(22)23;/h2*4H,5-7H2,1-3H3,(H,17,19)(H,20,21)(H,22,23);/p-4/i;;1+1. The zero-order valence-electron chi connectivity index (χ0n) is 26.5. The Morgan fingerprint density at radius 2 is 0.787 bits per heavy atom. The molecular formula is C30H34Br2N4O10Tc-4. The number of hydrogen-bond acceptors (Lipinski definition) is 12. The van der Waals surface area contributed by atoms with Crippen molar-refractivity contribution in [3.8, 4) is 0 Å². The number of hydrogen-bond donors (Lipinski definition) is 2. The van der Waals surface area contributed by atoms with Crippen molar-refractivity contribution < 1.29 is 69.3 Å². The summed E-state index contributed by atoms with van der Waals surface area (Å²) in [5.74, 6) is -6.91. The van der Waals surface area contributed by atoms with Crippen LogP contribution in [0.15, 0.2) is 21.1 Å². The summed E-state index contributed by atoms with van der Waals surface area (Å²) in [4.78, 5) is 68.5. The number of carbonyl (C=O) groups is 6. The van der Waals surface area contributed by atoms with Gasteiger partial charge in [-0.25, -0.2) is 0 Å². The second-order valence-electron chi connectivity index (χ2n) is 10.5. The molecule has 47 heavy (non-hydrogen) atoms. The Morgan fingerprint density at radius 1 is 0.532 bits per heavy atom. The molecule has 17 heteroatoms. The number of carboxylic acid groups (broad SMARTS) is 4. The summed E-state index contributed by atoms with van der Waals surface area (Å²) in [6, 6.07) is 3.79. The van der Waals surface area contributed by atoms with E-state index in [1.807, 2.05) is 53.7 Å². The number of benzene rings is 2. The molecule has 0 fully saturated rings. The van der Waals surface area contributed by atoms with Gasteiger partial charge >= 0.3 is 0 Å². The summed E-state index contributed by atoms with van der Waals surface area (Å²) in [7, 11) is 0. The third-order valence-electron chi connectivity index (χ3n) is 6.43. The molecule has 0 saturated heterocycles. The molecule has 2 rings (SSSR count). The van der Waals surface area contributed by atoms with E-state index in [0.29, 0.717) is 11.4 Å². The Labute approximate surface area is 302 Å². The molecule has 14 nitrogen and oxygen atoms in total. The Bertz CT molecular complexity index is 1380. The van der Waals surface area contributed by atoms with Crippen molar-refractivity contribution in [3.63, 3.8) is 0 Å². The van der Waals surface area contributed by atoms with Crippen molar-refractivity contribution >= 4 is 78.9 Å². The quantitative estimate of drug-likeness (QED) is 0.215. The van der Waals surface area contributed by atoms with Gasteiger partial charge in [0.2, 0.25) is 11.8 Å². The van der Waals surface area contributed by atoms with Gasteiger partial charge in [-0.3, -0.25) is 19.4 Å². The molecule has 0 saturated carbocycles. The van der Waals surface area contributed by atoms with Crippen LogP contribution in [0.2, 0.25) is 0 Å². The fraction of sp³-hybridized carbons (Fsp3) is 0.400. The van der Waals surface area contributed by atoms with Crippen LogP contribution in [-0.2, 0) is 48.9 Å². The summed E-state index contributed by atoms with van der Waals surface area (Å²) >= 11 is 6.87. The van der Waals surface area contributed by atoms with E-state index in [9.17, 15) is 49.2 Å². The predicted molar refractivity (Wildman–Crippen MR) is 167 cm³/mol. The second-order valence-corrected chi connectivity index (χ2v) is 12.1. The number of halogens is 2. The first kappa shape index (κ1) is 43.8. The van der Waals surface area contributed by atoms with Crippen molar-refractivity contribution in [1.82, 2.24) is 9.80 Å². The molecule has 2 aromatic rings. The molecule has 1 radical (unpaired) electrons. The number of anilines is 2. The summed E-state index contributed by atoms with van der Waals surface area (Å²) < 4.78 is 1.72. The monoisotopic (exact) mass is 867 g/mol. The van der Waals surface area contributed by atoms with Crippen LogP contribution in [0, 0.1) is 41.5 Å². The number of nitrogens with one attached hydrogen (secondary N) is 2. The van der Waals surface area contributed by atoms with Gasteiger partial charge in [-0.05, 0) is 74.9 Å². The van der Waals surface area contributed by atoms with Gasteiger partial charge in [-0.15, -0.1) is 0 Å². The predicted octanol–water partition coefficient (Wildman–Crippen LogP) is -1.77. The van der Waals surface area contributed by atoms with Crippen LogP contribution in [0.3, 0.4) is 0 Å². The minimum absolute atomic E-state index is 0. The largest absolute Gasteiger partial charge is 0.549 e. The number of carbonyl (C=O) groups excluding carboxylic acids is 6. The average Bonchev–Trinajstić information content (AvgIpc) is 2.90. The molecule has 0 heterocycles. The first-order chi connectivity index (χ1) is 21.2. The van der Waals surface area contributed by atoms with E-state index in [4.69, 9.17) is 0 Å². The first-order valence-corrected chi connectivity index (χ1v) is 15.2. The Hall–Kier alpha value is -3.21. The fourth-order valence-electron chi connectivity index (χ4n) is 4.54. The normalized spacial score (nSPS) is 10.4. The van der Waals surface area contributed by atoms with E-state index < -0.39 is 75.0 Å². The van der Waals surface area contributed by atoms with Gasteiger partial charge in [0.05, 0.1) is 37.0 Å². The van der Waals surface area contributed by atoms with Crippen LogP contribution in [0.5, 0.6) is 0 Å². The molecule has 0 aliphatic carbocycles. The number of aryl methyl sites for hydroxylation is 4. The third-order valence-corrected chi connectivity index (χ3v) is 8.87. The second kappa shape index (κ2) is 20.2. The number of carboxylic acids is 4. The number of nitrogens with zero attached hydrogens (tertiary/aromatic N) is 2. The Kier molecular flexibility index (Phi) is 18.8. The van der Waals surface area contributed by atoms with E-state index >= 15 is 0 Å². The van der Waals surface area contributed by atoms with E-state index in [-0.39, 0.29) is 20.1 Å². The maximum Gasteiger partial charge on any atom is 0.238 e. The maximum absolute atomic E-state index is 12.1. The smallest absolute Gasteiger partial charge is 0.238 e. The van der Waals surface area contributed by atoms with Crippen LogP contribution >= 0.6 is 31.9 Å². The zero-order chi connectivity index (χ0) is 35.5.